The average molecular weight is 305 g/mol. The number of nitrogens with zero attached hydrogens (tertiary/aromatic N) is 2. The molecule has 0 bridgehead atoms. The Kier molecular flexibility index (Phi) is 5.16. The smallest absolute Gasteiger partial charge is 0.267 e. The van der Waals surface area contributed by atoms with Gasteiger partial charge in [-0.1, -0.05) is 35.9 Å². The first-order valence-electron chi connectivity index (χ1n) is 7.29. The Bertz CT molecular complexity index is 773. The lowest BCUT2D eigenvalue weighted by atomic mass is 10.1. The molecule has 2 rings (SSSR count). The largest absolute Gasteiger partial charge is 0.350 e. The summed E-state index contributed by atoms with van der Waals surface area (Å²) in [5.41, 5.74) is 3.76. The van der Waals surface area contributed by atoms with Crippen LogP contribution in [-0.4, -0.2) is 13.0 Å². The molecule has 0 aliphatic heterocycles. The summed E-state index contributed by atoms with van der Waals surface area (Å²) in [4.78, 5) is 14.1. The molecule has 0 saturated carbocycles. The molecule has 4 nitrogen and oxygen atoms in total. The van der Waals surface area contributed by atoms with Crippen LogP contribution in [0.2, 0.25) is 0 Å². The van der Waals surface area contributed by atoms with Crippen LogP contribution < -0.4 is 10.2 Å². The van der Waals surface area contributed by atoms with Crippen molar-refractivity contribution in [2.75, 3.05) is 17.3 Å². The lowest BCUT2D eigenvalue weighted by molar-refractivity contribution is -0.112. The van der Waals surface area contributed by atoms with Gasteiger partial charge in [0.25, 0.3) is 5.91 Å². The fraction of sp³-hybridized carbons (Fsp3) is 0.158. The minimum absolute atomic E-state index is 0.0522. The van der Waals surface area contributed by atoms with Crippen molar-refractivity contribution in [2.24, 2.45) is 0 Å². The molecule has 0 saturated heterocycles. The van der Waals surface area contributed by atoms with Crippen LogP contribution in [0.15, 0.2) is 60.3 Å². The summed E-state index contributed by atoms with van der Waals surface area (Å²) < 4.78 is 0. The molecule has 0 aliphatic carbocycles. The van der Waals surface area contributed by atoms with Crippen LogP contribution in [0.1, 0.15) is 11.1 Å². The number of benzene rings is 2. The van der Waals surface area contributed by atoms with E-state index in [1.807, 2.05) is 68.4 Å². The van der Waals surface area contributed by atoms with Gasteiger partial charge in [0.05, 0.1) is 0 Å². The first kappa shape index (κ1) is 16.3. The molecule has 4 heteroatoms. The summed E-state index contributed by atoms with van der Waals surface area (Å²) in [6, 6.07) is 17.3. The highest BCUT2D eigenvalue weighted by molar-refractivity contribution is 6.07. The van der Waals surface area contributed by atoms with Crippen LogP contribution in [0, 0.1) is 25.2 Å². The van der Waals surface area contributed by atoms with E-state index in [0.717, 1.165) is 16.8 Å². The minimum atomic E-state index is -0.415. The number of para-hydroxylation sites is 1. The molecule has 0 aromatic heterocycles. The highest BCUT2D eigenvalue weighted by atomic mass is 16.1. The van der Waals surface area contributed by atoms with E-state index in [-0.39, 0.29) is 5.57 Å². The lowest BCUT2D eigenvalue weighted by Gasteiger charge is -2.15. The SMILES string of the molecule is Cc1ccc(NC(=O)/C(C#N)=C\N(C)c2ccccc2)c(C)c1. The minimum Gasteiger partial charge on any atom is -0.350 e. The predicted octanol–water partition coefficient (Wildman–Crippen LogP) is 3.79. The van der Waals surface area contributed by atoms with E-state index in [9.17, 15) is 10.1 Å². The quantitative estimate of drug-likeness (QED) is 0.690. The zero-order valence-corrected chi connectivity index (χ0v) is 13.5. The molecule has 0 aliphatic rings. The van der Waals surface area contributed by atoms with Crippen molar-refractivity contribution in [3.8, 4) is 6.07 Å². The second-order valence-electron chi connectivity index (χ2n) is 5.37. The highest BCUT2D eigenvalue weighted by Gasteiger charge is 2.12. The summed E-state index contributed by atoms with van der Waals surface area (Å²) in [5, 5.41) is 12.1. The van der Waals surface area contributed by atoms with Crippen molar-refractivity contribution < 1.29 is 4.79 Å². The summed E-state index contributed by atoms with van der Waals surface area (Å²) >= 11 is 0. The zero-order valence-electron chi connectivity index (χ0n) is 13.5. The van der Waals surface area contributed by atoms with E-state index >= 15 is 0 Å². The topological polar surface area (TPSA) is 56.1 Å². The highest BCUT2D eigenvalue weighted by Crippen LogP contribution is 2.17. The summed E-state index contributed by atoms with van der Waals surface area (Å²) in [6.45, 7) is 3.92. The van der Waals surface area contributed by atoms with Crippen LogP contribution in [0.5, 0.6) is 0 Å². The van der Waals surface area contributed by atoms with Crippen LogP contribution in [0.25, 0.3) is 0 Å². The van der Waals surface area contributed by atoms with Crippen LogP contribution in [0.4, 0.5) is 11.4 Å². The number of anilines is 2. The predicted molar refractivity (Wildman–Crippen MR) is 93.1 cm³/mol. The standard InChI is InChI=1S/C19H19N3O/c1-14-9-10-18(15(2)11-14)21-19(23)16(12-20)13-22(3)17-7-5-4-6-8-17/h4-11,13H,1-3H3,(H,21,23)/b16-13-. The van der Waals surface area contributed by atoms with Crippen LogP contribution >= 0.6 is 0 Å². The molecule has 0 unspecified atom stereocenters. The van der Waals surface area contributed by atoms with Crippen molar-refractivity contribution in [1.82, 2.24) is 0 Å². The Labute approximate surface area is 136 Å². The van der Waals surface area contributed by atoms with Crippen molar-refractivity contribution in [3.05, 3.63) is 71.4 Å². The number of aryl methyl sites for hydroxylation is 2. The molecule has 1 amide bonds. The lowest BCUT2D eigenvalue weighted by Crippen LogP contribution is -2.18. The summed E-state index contributed by atoms with van der Waals surface area (Å²) in [5.74, 6) is -0.415. The summed E-state index contributed by atoms with van der Waals surface area (Å²) in [7, 11) is 1.80. The average Bonchev–Trinajstić information content (AvgIpc) is 2.55. The van der Waals surface area contributed by atoms with Gasteiger partial charge in [0.2, 0.25) is 0 Å². The van der Waals surface area contributed by atoms with Gasteiger partial charge in [-0.2, -0.15) is 5.26 Å². The maximum absolute atomic E-state index is 12.3. The molecule has 0 heterocycles. The number of rotatable bonds is 4. The molecule has 1 N–H and O–H groups in total. The van der Waals surface area contributed by atoms with E-state index in [0.29, 0.717) is 5.69 Å². The first-order valence-corrected chi connectivity index (χ1v) is 7.29. The number of carbonyl (C=O) groups excluding carboxylic acids is 1. The second-order valence-corrected chi connectivity index (χ2v) is 5.37. The van der Waals surface area contributed by atoms with Gasteiger partial charge in [0.1, 0.15) is 11.6 Å². The Morgan fingerprint density at radius 1 is 1.17 bits per heavy atom. The number of nitrogens with one attached hydrogen (secondary N) is 1. The van der Waals surface area contributed by atoms with Gasteiger partial charge >= 0.3 is 0 Å². The number of carbonyl (C=O) groups is 1. The van der Waals surface area contributed by atoms with Crippen molar-refractivity contribution >= 4 is 17.3 Å². The van der Waals surface area contributed by atoms with Crippen molar-refractivity contribution in [2.45, 2.75) is 13.8 Å². The van der Waals surface area contributed by atoms with Gasteiger partial charge in [-0.25, -0.2) is 0 Å². The van der Waals surface area contributed by atoms with Crippen LogP contribution in [-0.2, 0) is 4.79 Å². The van der Waals surface area contributed by atoms with Gasteiger partial charge in [-0.15, -0.1) is 0 Å². The number of amides is 1. The monoisotopic (exact) mass is 305 g/mol. The van der Waals surface area contributed by atoms with Gasteiger partial charge in [0.15, 0.2) is 0 Å². The summed E-state index contributed by atoms with van der Waals surface area (Å²) in [6.07, 6.45) is 1.54. The van der Waals surface area contributed by atoms with E-state index in [1.165, 1.54) is 6.20 Å². The molecule has 2 aromatic rings. The first-order chi connectivity index (χ1) is 11.0. The fourth-order valence-electron chi connectivity index (χ4n) is 2.21. The second kappa shape index (κ2) is 7.28. The van der Waals surface area contributed by atoms with E-state index in [2.05, 4.69) is 5.32 Å². The van der Waals surface area contributed by atoms with Gasteiger partial charge in [-0.05, 0) is 37.6 Å². The zero-order chi connectivity index (χ0) is 16.8. The molecule has 116 valence electrons. The molecular weight excluding hydrogens is 286 g/mol. The Morgan fingerprint density at radius 2 is 1.87 bits per heavy atom. The van der Waals surface area contributed by atoms with Gasteiger partial charge in [-0.3, -0.25) is 4.79 Å². The molecule has 23 heavy (non-hydrogen) atoms. The molecule has 0 radical (unpaired) electrons. The molecule has 2 aromatic carbocycles. The van der Waals surface area contributed by atoms with E-state index in [4.69, 9.17) is 0 Å². The Balaban J connectivity index is 2.18. The van der Waals surface area contributed by atoms with Crippen molar-refractivity contribution in [3.63, 3.8) is 0 Å². The third kappa shape index (κ3) is 4.21. The van der Waals surface area contributed by atoms with Crippen LogP contribution in [0.3, 0.4) is 0 Å². The molecule has 0 atom stereocenters. The number of nitriles is 1. The molecule has 0 spiro atoms. The molecule has 0 fully saturated rings. The third-order valence-corrected chi connectivity index (χ3v) is 3.48. The van der Waals surface area contributed by atoms with E-state index in [1.54, 1.807) is 11.9 Å². The molecular formula is C19H19N3O. The number of hydrogen-bond acceptors (Lipinski definition) is 3. The normalized spacial score (nSPS) is 10.8. The Hall–Kier alpha value is -3.06. The number of hydrogen-bond donors (Lipinski definition) is 1. The van der Waals surface area contributed by atoms with E-state index < -0.39 is 5.91 Å². The third-order valence-electron chi connectivity index (χ3n) is 3.48. The maximum atomic E-state index is 12.3. The van der Waals surface area contributed by atoms with Gasteiger partial charge in [0, 0.05) is 24.6 Å². The Morgan fingerprint density at radius 3 is 2.48 bits per heavy atom. The maximum Gasteiger partial charge on any atom is 0.267 e. The fourth-order valence-corrected chi connectivity index (χ4v) is 2.21. The van der Waals surface area contributed by atoms with Gasteiger partial charge < -0.3 is 10.2 Å². The van der Waals surface area contributed by atoms with Crippen molar-refractivity contribution in [1.29, 1.82) is 5.26 Å².